The van der Waals surface area contributed by atoms with Crippen molar-refractivity contribution >= 4 is 23.2 Å². The van der Waals surface area contributed by atoms with Crippen LogP contribution >= 0.6 is 0 Å². The number of anilines is 1. The minimum atomic E-state index is -0.898. The number of carbonyl (C=O) groups excluding carboxylic acids is 1. The molecule has 0 aromatic heterocycles. The number of nitrogens with zero attached hydrogens (tertiary/aromatic N) is 2. The van der Waals surface area contributed by atoms with Gasteiger partial charge in [-0.3, -0.25) is 14.9 Å². The lowest BCUT2D eigenvalue weighted by Gasteiger charge is -2.47. The first kappa shape index (κ1) is 29.7. The van der Waals surface area contributed by atoms with Crippen molar-refractivity contribution in [1.29, 1.82) is 0 Å². The maximum Gasteiger partial charge on any atom is 0.270 e. The van der Waals surface area contributed by atoms with E-state index in [0.29, 0.717) is 30.9 Å². The van der Waals surface area contributed by atoms with Crippen LogP contribution in [-0.2, 0) is 19.7 Å². The number of hydrogen-bond acceptors (Lipinski definition) is 7. The number of non-ortho nitro benzene ring substituents is 1. The number of Topliss-reactive ketones (excluding diaryl/α,β-unsaturated/α-hetero) is 1. The van der Waals surface area contributed by atoms with Crippen LogP contribution in [0.15, 0.2) is 48.5 Å². The van der Waals surface area contributed by atoms with E-state index in [0.717, 1.165) is 37.1 Å². The number of ether oxygens (including phenoxy) is 3. The molecule has 0 saturated carbocycles. The average molecular weight is 551 g/mol. The predicted molar refractivity (Wildman–Crippen MR) is 157 cm³/mol. The summed E-state index contributed by atoms with van der Waals surface area (Å²) < 4.78 is 18.5. The lowest BCUT2D eigenvalue weighted by atomic mass is 9.76. The van der Waals surface area contributed by atoms with Crippen molar-refractivity contribution in [3.63, 3.8) is 0 Å². The van der Waals surface area contributed by atoms with Crippen molar-refractivity contribution < 1.29 is 23.9 Å². The first-order valence-corrected chi connectivity index (χ1v) is 14.2. The summed E-state index contributed by atoms with van der Waals surface area (Å²) in [4.78, 5) is 26.1. The van der Waals surface area contributed by atoms with Gasteiger partial charge < -0.3 is 19.1 Å². The van der Waals surface area contributed by atoms with Gasteiger partial charge in [0, 0.05) is 43.0 Å². The van der Waals surface area contributed by atoms with Crippen LogP contribution in [0.1, 0.15) is 78.4 Å². The van der Waals surface area contributed by atoms with Crippen LogP contribution in [0.4, 0.5) is 11.4 Å². The predicted octanol–water partition coefficient (Wildman–Crippen LogP) is 6.84. The van der Waals surface area contributed by atoms with Gasteiger partial charge in [-0.15, -0.1) is 0 Å². The molecule has 2 aliphatic rings. The van der Waals surface area contributed by atoms with E-state index in [2.05, 4.69) is 30.9 Å². The number of unbranched alkanes of at least 4 members (excludes halogenated alkanes) is 2. The van der Waals surface area contributed by atoms with Crippen molar-refractivity contribution in [3.05, 3.63) is 69.8 Å². The summed E-state index contributed by atoms with van der Waals surface area (Å²) in [6.45, 7) is 13.6. The van der Waals surface area contributed by atoms with Gasteiger partial charge in [-0.2, -0.15) is 0 Å². The monoisotopic (exact) mass is 550 g/mol. The van der Waals surface area contributed by atoms with Crippen molar-refractivity contribution in [1.82, 2.24) is 0 Å². The van der Waals surface area contributed by atoms with E-state index in [1.807, 2.05) is 52.0 Å². The SMILES string of the molecule is CC(C)OCCCCCC(=O)C(C)(C)OCCN1c2ccccc2C(C)(C)C12C=Cc1cc([N+](=O)[O-])ccc1O2. The van der Waals surface area contributed by atoms with E-state index in [-0.39, 0.29) is 17.6 Å². The molecule has 1 spiro atoms. The summed E-state index contributed by atoms with van der Waals surface area (Å²) in [7, 11) is 0. The molecule has 0 bridgehead atoms. The number of hydrogen-bond donors (Lipinski definition) is 0. The van der Waals surface area contributed by atoms with Crippen LogP contribution in [0.5, 0.6) is 5.75 Å². The second-order valence-electron chi connectivity index (χ2n) is 11.9. The van der Waals surface area contributed by atoms with E-state index >= 15 is 0 Å². The summed E-state index contributed by atoms with van der Waals surface area (Å²) in [5.74, 6) is 0.688. The first-order valence-electron chi connectivity index (χ1n) is 14.2. The minimum absolute atomic E-state index is 0.0259. The zero-order chi connectivity index (χ0) is 29.1. The molecule has 2 heterocycles. The van der Waals surface area contributed by atoms with Crippen molar-refractivity contribution in [3.8, 4) is 5.75 Å². The smallest absolute Gasteiger partial charge is 0.270 e. The Balaban J connectivity index is 1.46. The summed E-state index contributed by atoms with van der Waals surface area (Å²) in [5.41, 5.74) is 0.675. The Morgan fingerprint density at radius 1 is 1.10 bits per heavy atom. The normalized spacial score (nSPS) is 19.0. The van der Waals surface area contributed by atoms with Gasteiger partial charge in [0.15, 0.2) is 5.78 Å². The van der Waals surface area contributed by atoms with Crippen LogP contribution in [0.25, 0.3) is 6.08 Å². The largest absolute Gasteiger partial charge is 0.463 e. The second kappa shape index (κ2) is 11.7. The summed E-state index contributed by atoms with van der Waals surface area (Å²) in [5, 5.41) is 11.3. The number of fused-ring (bicyclic) bond motifs is 2. The molecule has 2 aliphatic heterocycles. The Hall–Kier alpha value is -3.23. The fourth-order valence-electron chi connectivity index (χ4n) is 5.65. The fraction of sp³-hybridized carbons (Fsp3) is 0.531. The van der Waals surface area contributed by atoms with E-state index in [4.69, 9.17) is 14.2 Å². The summed E-state index contributed by atoms with van der Waals surface area (Å²) in [6.07, 6.45) is 7.33. The third-order valence-electron chi connectivity index (χ3n) is 8.07. The van der Waals surface area contributed by atoms with Gasteiger partial charge in [-0.05, 0) is 84.2 Å². The molecule has 40 heavy (non-hydrogen) atoms. The number of rotatable bonds is 13. The highest BCUT2D eigenvalue weighted by Gasteiger charge is 2.58. The topological polar surface area (TPSA) is 91.1 Å². The lowest BCUT2D eigenvalue weighted by Crippen LogP contribution is -2.60. The molecule has 4 rings (SSSR count). The highest BCUT2D eigenvalue weighted by Crippen LogP contribution is 2.54. The molecule has 0 amide bonds. The molecule has 8 nitrogen and oxygen atoms in total. The number of benzene rings is 2. The molecule has 2 aromatic rings. The molecule has 0 N–H and O–H groups in total. The van der Waals surface area contributed by atoms with Crippen LogP contribution < -0.4 is 9.64 Å². The Labute approximate surface area is 237 Å². The number of nitro groups is 1. The third kappa shape index (κ3) is 5.79. The van der Waals surface area contributed by atoms with Gasteiger partial charge in [0.05, 0.1) is 23.0 Å². The number of ketones is 1. The molecule has 1 atom stereocenters. The molecule has 0 saturated heterocycles. The zero-order valence-corrected chi connectivity index (χ0v) is 24.6. The van der Waals surface area contributed by atoms with E-state index in [1.165, 1.54) is 12.1 Å². The zero-order valence-electron chi connectivity index (χ0n) is 24.6. The Morgan fingerprint density at radius 3 is 2.58 bits per heavy atom. The molecular formula is C32H42N2O6. The van der Waals surface area contributed by atoms with E-state index < -0.39 is 21.7 Å². The minimum Gasteiger partial charge on any atom is -0.463 e. The highest BCUT2D eigenvalue weighted by atomic mass is 16.6. The van der Waals surface area contributed by atoms with Crippen LogP contribution in [0.3, 0.4) is 0 Å². The molecule has 8 heteroatoms. The van der Waals surface area contributed by atoms with Crippen LogP contribution in [-0.4, -0.2) is 47.9 Å². The highest BCUT2D eigenvalue weighted by molar-refractivity contribution is 5.86. The van der Waals surface area contributed by atoms with Crippen LogP contribution in [0, 0.1) is 10.1 Å². The Morgan fingerprint density at radius 2 is 1.85 bits per heavy atom. The Kier molecular flexibility index (Phi) is 8.71. The maximum atomic E-state index is 13.0. The van der Waals surface area contributed by atoms with Gasteiger partial charge in [0.2, 0.25) is 5.72 Å². The first-order chi connectivity index (χ1) is 18.9. The number of para-hydroxylation sites is 1. The van der Waals surface area contributed by atoms with E-state index in [9.17, 15) is 14.9 Å². The molecule has 2 aromatic carbocycles. The van der Waals surface area contributed by atoms with Gasteiger partial charge in [0.25, 0.3) is 5.69 Å². The van der Waals surface area contributed by atoms with Crippen molar-refractivity contribution in [2.45, 2.75) is 90.1 Å². The van der Waals surface area contributed by atoms with Gasteiger partial charge in [-0.1, -0.05) is 24.6 Å². The number of nitro benzene ring substituents is 1. The fourth-order valence-corrected chi connectivity index (χ4v) is 5.65. The molecule has 216 valence electrons. The average Bonchev–Trinajstić information content (AvgIpc) is 3.08. The molecule has 0 fully saturated rings. The number of carbonyl (C=O) groups is 1. The summed E-state index contributed by atoms with van der Waals surface area (Å²) in [6, 6.07) is 12.9. The van der Waals surface area contributed by atoms with Gasteiger partial charge >= 0.3 is 0 Å². The van der Waals surface area contributed by atoms with Gasteiger partial charge in [-0.25, -0.2) is 0 Å². The Bertz CT molecular complexity index is 1270. The third-order valence-corrected chi connectivity index (χ3v) is 8.07. The second-order valence-corrected chi connectivity index (χ2v) is 11.9. The maximum absolute atomic E-state index is 13.0. The van der Waals surface area contributed by atoms with Crippen LogP contribution in [0.2, 0.25) is 0 Å². The standard InChI is InChI=1S/C32H42N2O6/c1-23(2)38-20-11-7-8-14-29(35)31(5,6)39-21-19-33-27-13-10-9-12-26(27)30(3,4)32(33)18-17-24-22-25(34(36)37)15-16-28(24)40-32/h9-10,12-13,15-18,22-23H,7-8,11,14,19-21H2,1-6H3. The molecule has 0 aliphatic carbocycles. The molecule has 0 radical (unpaired) electrons. The van der Waals surface area contributed by atoms with Crippen molar-refractivity contribution in [2.75, 3.05) is 24.7 Å². The lowest BCUT2D eigenvalue weighted by molar-refractivity contribution is -0.384. The van der Waals surface area contributed by atoms with Crippen molar-refractivity contribution in [2.24, 2.45) is 0 Å². The van der Waals surface area contributed by atoms with E-state index in [1.54, 1.807) is 6.07 Å². The quantitative estimate of drug-likeness (QED) is 0.153. The molecular weight excluding hydrogens is 508 g/mol. The molecule has 1 unspecified atom stereocenters. The van der Waals surface area contributed by atoms with Gasteiger partial charge in [0.1, 0.15) is 11.4 Å². The summed E-state index contributed by atoms with van der Waals surface area (Å²) >= 11 is 0.